The summed E-state index contributed by atoms with van der Waals surface area (Å²) in [6, 6.07) is 13.6. The molecule has 0 atom stereocenters. The van der Waals surface area contributed by atoms with E-state index in [9.17, 15) is 13.2 Å². The molecule has 0 unspecified atom stereocenters. The van der Waals surface area contributed by atoms with Gasteiger partial charge in [-0.15, -0.1) is 0 Å². The number of halogens is 1. The van der Waals surface area contributed by atoms with E-state index >= 15 is 0 Å². The van der Waals surface area contributed by atoms with Gasteiger partial charge in [-0.25, -0.2) is 13.2 Å². The van der Waals surface area contributed by atoms with E-state index in [0.717, 1.165) is 5.56 Å². The number of benzene rings is 2. The molecule has 0 aromatic heterocycles. The van der Waals surface area contributed by atoms with Crippen LogP contribution in [-0.4, -0.2) is 39.8 Å². The van der Waals surface area contributed by atoms with Gasteiger partial charge in [0.15, 0.2) is 0 Å². The summed E-state index contributed by atoms with van der Waals surface area (Å²) in [4.78, 5) is 11.6. The lowest BCUT2D eigenvalue weighted by Gasteiger charge is -2.31. The van der Waals surface area contributed by atoms with Crippen molar-refractivity contribution in [2.24, 2.45) is 0 Å². The van der Waals surface area contributed by atoms with Crippen LogP contribution in [0.3, 0.4) is 0 Å². The number of nitrogens with one attached hydrogen (secondary N) is 1. The molecule has 1 saturated heterocycles. The molecule has 0 spiro atoms. The van der Waals surface area contributed by atoms with E-state index in [4.69, 9.17) is 16.3 Å². The minimum atomic E-state index is -3.58. The zero-order valence-corrected chi connectivity index (χ0v) is 17.2. The van der Waals surface area contributed by atoms with Crippen LogP contribution in [0.1, 0.15) is 28.8 Å². The summed E-state index contributed by atoms with van der Waals surface area (Å²) in [5.74, 6) is -0.430. The van der Waals surface area contributed by atoms with Gasteiger partial charge in [-0.05, 0) is 61.8 Å². The Hall–Kier alpha value is -2.09. The quantitative estimate of drug-likeness (QED) is 0.723. The van der Waals surface area contributed by atoms with Crippen molar-refractivity contribution in [3.8, 4) is 0 Å². The average molecular weight is 423 g/mol. The number of ether oxygens (including phenoxy) is 1. The van der Waals surface area contributed by atoms with Crippen molar-refractivity contribution < 1.29 is 17.9 Å². The standard InChI is InChI=1S/C20H23ClN2O4S/c1-27-20(24)16-7-5-15(6-8-16)14-23(18-4-2-3-17(21)13-18)28(25,26)19-9-11-22-12-10-19/h2-8,13,19,22H,9-12,14H2,1H3. The Labute approximate surface area is 170 Å². The Morgan fingerprint density at radius 1 is 1.18 bits per heavy atom. The summed E-state index contributed by atoms with van der Waals surface area (Å²) in [5.41, 5.74) is 1.72. The fourth-order valence-electron chi connectivity index (χ4n) is 3.26. The molecule has 2 aromatic rings. The maximum absolute atomic E-state index is 13.4. The Bertz CT molecular complexity index is 925. The molecular formula is C20H23ClN2O4S. The Morgan fingerprint density at radius 3 is 2.46 bits per heavy atom. The third-order valence-electron chi connectivity index (χ3n) is 4.81. The van der Waals surface area contributed by atoms with E-state index in [0.29, 0.717) is 42.2 Å². The van der Waals surface area contributed by atoms with Gasteiger partial charge in [0.2, 0.25) is 10.0 Å². The number of esters is 1. The van der Waals surface area contributed by atoms with Gasteiger partial charge in [0, 0.05) is 5.02 Å². The summed E-state index contributed by atoms with van der Waals surface area (Å²) in [6.45, 7) is 1.52. The first kappa shape index (κ1) is 20.6. The smallest absolute Gasteiger partial charge is 0.337 e. The van der Waals surface area contributed by atoms with E-state index in [1.807, 2.05) is 0 Å². The molecule has 2 aromatic carbocycles. The van der Waals surface area contributed by atoms with Crippen LogP contribution in [0, 0.1) is 0 Å². The lowest BCUT2D eigenvalue weighted by Crippen LogP contribution is -2.43. The first-order chi connectivity index (χ1) is 13.4. The van der Waals surface area contributed by atoms with Gasteiger partial charge < -0.3 is 10.1 Å². The molecule has 150 valence electrons. The second-order valence-electron chi connectivity index (χ2n) is 6.67. The SMILES string of the molecule is COC(=O)c1ccc(CN(c2cccc(Cl)c2)S(=O)(=O)C2CCNCC2)cc1. The molecule has 0 aliphatic carbocycles. The summed E-state index contributed by atoms with van der Waals surface area (Å²) in [7, 11) is -2.26. The van der Waals surface area contributed by atoms with Crippen LogP contribution in [0.2, 0.25) is 5.02 Å². The zero-order valence-electron chi connectivity index (χ0n) is 15.6. The number of nitrogens with zero attached hydrogens (tertiary/aromatic N) is 1. The van der Waals surface area contributed by atoms with Crippen LogP contribution in [0.5, 0.6) is 0 Å². The van der Waals surface area contributed by atoms with Crippen molar-refractivity contribution in [3.05, 3.63) is 64.7 Å². The van der Waals surface area contributed by atoms with Crippen molar-refractivity contribution >= 4 is 33.3 Å². The number of anilines is 1. The van der Waals surface area contributed by atoms with Gasteiger partial charge in [-0.3, -0.25) is 4.31 Å². The van der Waals surface area contributed by atoms with E-state index in [-0.39, 0.29) is 6.54 Å². The van der Waals surface area contributed by atoms with Gasteiger partial charge in [0.1, 0.15) is 0 Å². The lowest BCUT2D eigenvalue weighted by molar-refractivity contribution is 0.0600. The van der Waals surface area contributed by atoms with Crippen molar-refractivity contribution in [3.63, 3.8) is 0 Å². The van der Waals surface area contributed by atoms with Gasteiger partial charge in [0.05, 0.1) is 30.2 Å². The number of carbonyl (C=O) groups is 1. The molecule has 0 radical (unpaired) electrons. The molecule has 3 rings (SSSR count). The first-order valence-corrected chi connectivity index (χ1v) is 10.9. The number of hydrogen-bond donors (Lipinski definition) is 1. The number of rotatable bonds is 6. The van der Waals surface area contributed by atoms with Gasteiger partial charge in [0.25, 0.3) is 0 Å². The second kappa shape index (κ2) is 8.94. The summed E-state index contributed by atoms with van der Waals surface area (Å²) >= 11 is 6.12. The third-order valence-corrected chi connectivity index (χ3v) is 7.32. The number of hydrogen-bond acceptors (Lipinski definition) is 5. The zero-order chi connectivity index (χ0) is 20.1. The largest absolute Gasteiger partial charge is 0.465 e. The molecule has 1 aliphatic heterocycles. The molecule has 0 saturated carbocycles. The molecule has 1 fully saturated rings. The molecule has 0 amide bonds. The number of methoxy groups -OCH3 is 1. The summed E-state index contributed by atoms with van der Waals surface area (Å²) in [5, 5.41) is 3.23. The van der Waals surface area contributed by atoms with E-state index < -0.39 is 21.2 Å². The fourth-order valence-corrected chi connectivity index (χ4v) is 5.37. The predicted octanol–water partition coefficient (Wildman–Crippen LogP) is 3.22. The normalized spacial score (nSPS) is 15.2. The van der Waals surface area contributed by atoms with Crippen LogP contribution < -0.4 is 9.62 Å². The maximum atomic E-state index is 13.4. The predicted molar refractivity (Wildman–Crippen MR) is 110 cm³/mol. The van der Waals surface area contributed by atoms with Crippen molar-refractivity contribution in [2.75, 3.05) is 24.5 Å². The Kier molecular flexibility index (Phi) is 6.59. The highest BCUT2D eigenvalue weighted by atomic mass is 35.5. The van der Waals surface area contributed by atoms with Crippen LogP contribution in [-0.2, 0) is 21.3 Å². The third kappa shape index (κ3) is 4.66. The Morgan fingerprint density at radius 2 is 1.86 bits per heavy atom. The Balaban J connectivity index is 1.93. The monoisotopic (exact) mass is 422 g/mol. The highest BCUT2D eigenvalue weighted by Gasteiger charge is 2.33. The van der Waals surface area contributed by atoms with Crippen molar-refractivity contribution in [2.45, 2.75) is 24.6 Å². The molecule has 8 heteroatoms. The average Bonchev–Trinajstić information content (AvgIpc) is 2.72. The van der Waals surface area contributed by atoms with Gasteiger partial charge >= 0.3 is 5.97 Å². The molecule has 1 heterocycles. The molecule has 1 N–H and O–H groups in total. The fraction of sp³-hybridized carbons (Fsp3) is 0.350. The van der Waals surface area contributed by atoms with Crippen molar-refractivity contribution in [1.82, 2.24) is 5.32 Å². The highest BCUT2D eigenvalue weighted by molar-refractivity contribution is 7.93. The first-order valence-electron chi connectivity index (χ1n) is 9.07. The highest BCUT2D eigenvalue weighted by Crippen LogP contribution is 2.28. The van der Waals surface area contributed by atoms with Crippen LogP contribution in [0.4, 0.5) is 5.69 Å². The molecular weight excluding hydrogens is 400 g/mol. The molecule has 0 bridgehead atoms. The van der Waals surface area contributed by atoms with Gasteiger partial charge in [-0.1, -0.05) is 29.8 Å². The molecule has 1 aliphatic rings. The summed E-state index contributed by atoms with van der Waals surface area (Å²) < 4.78 is 32.9. The van der Waals surface area contributed by atoms with Crippen LogP contribution in [0.25, 0.3) is 0 Å². The number of piperidine rings is 1. The lowest BCUT2D eigenvalue weighted by atomic mass is 10.1. The maximum Gasteiger partial charge on any atom is 0.337 e. The number of sulfonamides is 1. The molecule has 28 heavy (non-hydrogen) atoms. The molecule has 6 nitrogen and oxygen atoms in total. The second-order valence-corrected chi connectivity index (χ2v) is 9.24. The number of carbonyl (C=O) groups excluding carboxylic acids is 1. The minimum absolute atomic E-state index is 0.161. The van der Waals surface area contributed by atoms with E-state index in [2.05, 4.69) is 5.32 Å². The van der Waals surface area contributed by atoms with Crippen molar-refractivity contribution in [1.29, 1.82) is 0 Å². The van der Waals surface area contributed by atoms with Gasteiger partial charge in [-0.2, -0.15) is 0 Å². The van der Waals surface area contributed by atoms with E-state index in [1.165, 1.54) is 11.4 Å². The minimum Gasteiger partial charge on any atom is -0.465 e. The summed E-state index contributed by atoms with van der Waals surface area (Å²) in [6.07, 6.45) is 1.14. The van der Waals surface area contributed by atoms with E-state index in [1.54, 1.807) is 48.5 Å². The topological polar surface area (TPSA) is 75.7 Å². The van der Waals surface area contributed by atoms with Crippen LogP contribution >= 0.6 is 11.6 Å². The van der Waals surface area contributed by atoms with Crippen LogP contribution in [0.15, 0.2) is 48.5 Å².